The molecule has 5 atom stereocenters. The summed E-state index contributed by atoms with van der Waals surface area (Å²) in [5, 5.41) is 36.6. The quantitative estimate of drug-likeness (QED) is 0.295. The number of aliphatic hydroxyl groups excluding tert-OH is 4. The van der Waals surface area contributed by atoms with Gasteiger partial charge in [0.1, 0.15) is 24.4 Å². The molecule has 0 aromatic carbocycles. The number of aliphatic hydroxyl groups is 4. The van der Waals surface area contributed by atoms with E-state index >= 15 is 0 Å². The van der Waals surface area contributed by atoms with Crippen molar-refractivity contribution in [2.24, 2.45) is 0 Å². The van der Waals surface area contributed by atoms with Gasteiger partial charge in [-0.15, -0.1) is 0 Å². The minimum atomic E-state index is -4.96. The summed E-state index contributed by atoms with van der Waals surface area (Å²) in [5.41, 5.74) is 0. The fourth-order valence-corrected chi connectivity index (χ4v) is 1.52. The lowest BCUT2D eigenvalue weighted by Crippen LogP contribution is -2.58. The average molecular weight is 259 g/mol. The van der Waals surface area contributed by atoms with Gasteiger partial charge in [-0.05, 0) is 0 Å². The van der Waals surface area contributed by atoms with E-state index in [0.29, 0.717) is 0 Å². The van der Waals surface area contributed by atoms with Crippen LogP contribution in [0.3, 0.4) is 0 Å². The van der Waals surface area contributed by atoms with Crippen molar-refractivity contribution in [3.8, 4) is 0 Å². The highest BCUT2D eigenvalue weighted by Gasteiger charge is 2.43. The Hall–Kier alpha value is -0.330. The lowest BCUT2D eigenvalue weighted by Gasteiger charge is -2.38. The molecular formula is C6H11O9S-. The first-order valence-corrected chi connectivity index (χ1v) is 5.53. The normalized spacial score (nSPS) is 40.9. The zero-order chi connectivity index (χ0) is 12.5. The molecule has 9 nitrogen and oxygen atoms in total. The number of hydrogen-bond donors (Lipinski definition) is 4. The van der Waals surface area contributed by atoms with Gasteiger partial charge in [0.05, 0.1) is 6.61 Å². The van der Waals surface area contributed by atoms with E-state index in [1.165, 1.54) is 0 Å². The maximum Gasteiger partial charge on any atom is 0.217 e. The third-order valence-corrected chi connectivity index (χ3v) is 2.49. The van der Waals surface area contributed by atoms with Gasteiger partial charge in [0.25, 0.3) is 0 Å². The fraction of sp³-hybridized carbons (Fsp3) is 1.00. The summed E-state index contributed by atoms with van der Waals surface area (Å²) in [6, 6.07) is 0. The summed E-state index contributed by atoms with van der Waals surface area (Å²) in [7, 11) is -4.96. The lowest BCUT2D eigenvalue weighted by atomic mass is 10.00. The van der Waals surface area contributed by atoms with Crippen molar-refractivity contribution < 1.29 is 42.3 Å². The molecule has 1 rings (SSSR count). The third-order valence-electron chi connectivity index (χ3n) is 2.06. The predicted octanol–water partition coefficient (Wildman–Crippen LogP) is -3.74. The van der Waals surface area contributed by atoms with Gasteiger partial charge >= 0.3 is 0 Å². The molecule has 1 heterocycles. The largest absolute Gasteiger partial charge is 0.726 e. The molecule has 10 heteroatoms. The fourth-order valence-electron chi connectivity index (χ4n) is 1.22. The number of ether oxygens (including phenoxy) is 1. The van der Waals surface area contributed by atoms with Gasteiger partial charge in [0, 0.05) is 0 Å². The summed E-state index contributed by atoms with van der Waals surface area (Å²) < 4.78 is 38.7. The van der Waals surface area contributed by atoms with Crippen molar-refractivity contribution in [1.82, 2.24) is 0 Å². The molecule has 1 saturated heterocycles. The Morgan fingerprint density at radius 1 is 1.12 bits per heavy atom. The molecule has 4 N–H and O–H groups in total. The van der Waals surface area contributed by atoms with E-state index in [0.717, 1.165) is 0 Å². The van der Waals surface area contributed by atoms with E-state index in [1.54, 1.807) is 0 Å². The smallest absolute Gasteiger partial charge is 0.217 e. The van der Waals surface area contributed by atoms with Crippen LogP contribution in [-0.2, 0) is 19.3 Å². The summed E-state index contributed by atoms with van der Waals surface area (Å²) in [5.74, 6) is 0. The second-order valence-corrected chi connectivity index (χ2v) is 4.28. The highest BCUT2D eigenvalue weighted by molar-refractivity contribution is 7.80. The minimum Gasteiger partial charge on any atom is -0.726 e. The Kier molecular flexibility index (Phi) is 4.20. The molecule has 1 unspecified atom stereocenters. The molecule has 0 aromatic rings. The van der Waals surface area contributed by atoms with E-state index in [2.05, 4.69) is 8.92 Å². The van der Waals surface area contributed by atoms with Crippen LogP contribution in [0.25, 0.3) is 0 Å². The zero-order valence-corrected chi connectivity index (χ0v) is 8.65. The Morgan fingerprint density at radius 2 is 1.69 bits per heavy atom. The van der Waals surface area contributed by atoms with Gasteiger partial charge in [-0.1, -0.05) is 0 Å². The maximum absolute atomic E-state index is 10.1. The molecule has 16 heavy (non-hydrogen) atoms. The van der Waals surface area contributed by atoms with Crippen LogP contribution in [0.2, 0.25) is 0 Å². The Bertz CT molecular complexity index is 327. The molecule has 0 amide bonds. The van der Waals surface area contributed by atoms with Gasteiger partial charge in [-0.25, -0.2) is 8.42 Å². The first-order chi connectivity index (χ1) is 7.22. The standard InChI is InChI=1S/C6H12O9S/c7-3-2(1-14-16(11,12)13)15-6(10)5(9)4(3)8/h2-10H,1H2,(H,11,12,13)/p-1/t2-,3+,4+,5-,6?/m1/s1. The minimum absolute atomic E-state index is 0.867. The first kappa shape index (κ1) is 13.7. The molecule has 0 spiro atoms. The van der Waals surface area contributed by atoms with Crippen molar-refractivity contribution in [2.75, 3.05) is 6.61 Å². The molecule has 0 saturated carbocycles. The van der Waals surface area contributed by atoms with Crippen LogP contribution in [0.5, 0.6) is 0 Å². The maximum atomic E-state index is 10.1. The molecular weight excluding hydrogens is 248 g/mol. The van der Waals surface area contributed by atoms with Crippen LogP contribution < -0.4 is 0 Å². The summed E-state index contributed by atoms with van der Waals surface area (Å²) in [4.78, 5) is 0. The first-order valence-electron chi connectivity index (χ1n) is 4.20. The topological polar surface area (TPSA) is 157 Å². The Balaban J connectivity index is 2.61. The summed E-state index contributed by atoms with van der Waals surface area (Å²) >= 11 is 0. The van der Waals surface area contributed by atoms with Crippen molar-refractivity contribution >= 4 is 10.4 Å². The highest BCUT2D eigenvalue weighted by atomic mass is 32.3. The molecule has 1 fully saturated rings. The monoisotopic (exact) mass is 259 g/mol. The molecule has 1 aliphatic rings. The van der Waals surface area contributed by atoms with Crippen molar-refractivity contribution in [3.63, 3.8) is 0 Å². The molecule has 0 radical (unpaired) electrons. The van der Waals surface area contributed by atoms with Crippen molar-refractivity contribution in [3.05, 3.63) is 0 Å². The third kappa shape index (κ3) is 3.33. The second-order valence-electron chi connectivity index (χ2n) is 3.23. The van der Waals surface area contributed by atoms with Gasteiger partial charge in [-0.2, -0.15) is 0 Å². The van der Waals surface area contributed by atoms with E-state index < -0.39 is 47.7 Å². The van der Waals surface area contributed by atoms with Crippen LogP contribution in [0.1, 0.15) is 0 Å². The summed E-state index contributed by atoms with van der Waals surface area (Å²) in [6.45, 7) is -0.867. The SMILES string of the molecule is O=S(=O)([O-])OC[C@H]1OC(O)[C@H](O)[C@@H](O)[C@H]1O. The summed E-state index contributed by atoms with van der Waals surface area (Å²) in [6.07, 6.45) is -8.37. The predicted molar refractivity (Wildman–Crippen MR) is 44.5 cm³/mol. The van der Waals surface area contributed by atoms with Crippen LogP contribution >= 0.6 is 0 Å². The average Bonchev–Trinajstić information content (AvgIpc) is 2.17. The molecule has 0 aromatic heterocycles. The lowest BCUT2D eigenvalue weighted by molar-refractivity contribution is -0.285. The van der Waals surface area contributed by atoms with Gasteiger partial charge < -0.3 is 29.7 Å². The Morgan fingerprint density at radius 3 is 2.19 bits per heavy atom. The van der Waals surface area contributed by atoms with E-state index in [4.69, 9.17) is 10.2 Å². The van der Waals surface area contributed by atoms with Crippen LogP contribution in [0.4, 0.5) is 0 Å². The Labute approximate surface area is 90.8 Å². The zero-order valence-electron chi connectivity index (χ0n) is 7.83. The van der Waals surface area contributed by atoms with E-state index in [-0.39, 0.29) is 0 Å². The molecule has 0 aliphatic carbocycles. The van der Waals surface area contributed by atoms with Gasteiger partial charge in [0.15, 0.2) is 6.29 Å². The van der Waals surface area contributed by atoms with Crippen LogP contribution in [0, 0.1) is 0 Å². The van der Waals surface area contributed by atoms with E-state index in [9.17, 15) is 23.2 Å². The number of hydrogen-bond acceptors (Lipinski definition) is 9. The van der Waals surface area contributed by atoms with Crippen LogP contribution in [0.15, 0.2) is 0 Å². The molecule has 96 valence electrons. The van der Waals surface area contributed by atoms with Crippen molar-refractivity contribution in [2.45, 2.75) is 30.7 Å². The molecule has 1 aliphatic heterocycles. The highest BCUT2D eigenvalue weighted by Crippen LogP contribution is 2.20. The van der Waals surface area contributed by atoms with Gasteiger partial charge in [0.2, 0.25) is 10.4 Å². The van der Waals surface area contributed by atoms with Crippen molar-refractivity contribution in [1.29, 1.82) is 0 Å². The number of rotatable bonds is 3. The second kappa shape index (κ2) is 4.89. The van der Waals surface area contributed by atoms with Crippen LogP contribution in [-0.4, -0.2) is 70.7 Å². The van der Waals surface area contributed by atoms with Gasteiger partial charge in [-0.3, -0.25) is 4.18 Å². The van der Waals surface area contributed by atoms with E-state index in [1.807, 2.05) is 0 Å². The molecule has 0 bridgehead atoms.